The molecule has 0 radical (unpaired) electrons. The molecule has 0 bridgehead atoms. The number of hydrogen-bond acceptors (Lipinski definition) is 4. The molecule has 44 heavy (non-hydrogen) atoms. The van der Waals surface area contributed by atoms with Crippen molar-refractivity contribution < 1.29 is 22.4 Å². The van der Waals surface area contributed by atoms with E-state index in [2.05, 4.69) is 5.32 Å². The average Bonchev–Trinajstić information content (AvgIpc) is 2.99. The van der Waals surface area contributed by atoms with E-state index in [0.717, 1.165) is 48.2 Å². The first-order valence-electron chi connectivity index (χ1n) is 14.8. The predicted octanol–water partition coefficient (Wildman–Crippen LogP) is 6.77. The Kier molecular flexibility index (Phi) is 12.1. The summed E-state index contributed by atoms with van der Waals surface area (Å²) < 4.78 is 39.8. The van der Waals surface area contributed by atoms with Crippen LogP contribution in [0.25, 0.3) is 0 Å². The van der Waals surface area contributed by atoms with Crippen LogP contribution >= 0.6 is 23.2 Å². The Morgan fingerprint density at radius 2 is 1.66 bits per heavy atom. The monoisotopic (exact) mass is 661 g/mol. The summed E-state index contributed by atoms with van der Waals surface area (Å²) in [6.07, 6.45) is 6.53. The largest absolute Gasteiger partial charge is 0.352 e. The molecular formula is C33H38Cl2FN3O4S. The molecule has 0 aliphatic heterocycles. The van der Waals surface area contributed by atoms with Crippen molar-refractivity contribution in [1.29, 1.82) is 0 Å². The van der Waals surface area contributed by atoms with E-state index in [9.17, 15) is 22.4 Å². The molecule has 1 saturated carbocycles. The molecule has 2 amide bonds. The van der Waals surface area contributed by atoms with E-state index in [1.165, 1.54) is 24.3 Å². The quantitative estimate of drug-likeness (QED) is 0.219. The second-order valence-corrected chi connectivity index (χ2v) is 14.0. The van der Waals surface area contributed by atoms with E-state index in [1.807, 2.05) is 30.3 Å². The number of nitrogens with zero attached hydrogens (tertiary/aromatic N) is 2. The molecule has 0 heterocycles. The van der Waals surface area contributed by atoms with Gasteiger partial charge in [-0.1, -0.05) is 78.9 Å². The van der Waals surface area contributed by atoms with E-state index < -0.39 is 21.9 Å². The van der Waals surface area contributed by atoms with Crippen molar-refractivity contribution in [2.45, 2.75) is 70.0 Å². The maximum absolute atomic E-state index is 14.0. The lowest BCUT2D eigenvalue weighted by atomic mass is 9.94. The zero-order chi connectivity index (χ0) is 31.7. The number of rotatable bonds is 13. The summed E-state index contributed by atoms with van der Waals surface area (Å²) in [6.45, 7) is 0.0710. The molecule has 0 unspecified atom stereocenters. The Balaban J connectivity index is 1.61. The Morgan fingerprint density at radius 1 is 0.977 bits per heavy atom. The number of amides is 2. The lowest BCUT2D eigenvalue weighted by Crippen LogP contribution is -2.53. The van der Waals surface area contributed by atoms with Crippen molar-refractivity contribution in [2.75, 3.05) is 17.1 Å². The molecule has 0 spiro atoms. The highest BCUT2D eigenvalue weighted by atomic mass is 35.5. The molecule has 1 N–H and O–H groups in total. The van der Waals surface area contributed by atoms with Gasteiger partial charge in [-0.05, 0) is 66.8 Å². The van der Waals surface area contributed by atoms with Gasteiger partial charge in [-0.25, -0.2) is 12.8 Å². The number of carbonyl (C=O) groups excluding carboxylic acids is 2. The Labute approximate surface area is 269 Å². The topological polar surface area (TPSA) is 86.8 Å². The van der Waals surface area contributed by atoms with Crippen LogP contribution in [0, 0.1) is 5.82 Å². The fourth-order valence-corrected chi connectivity index (χ4v) is 6.98. The van der Waals surface area contributed by atoms with Crippen LogP contribution in [-0.2, 0) is 32.6 Å². The number of sulfonamides is 1. The number of nitrogens with one attached hydrogen (secondary N) is 1. The summed E-state index contributed by atoms with van der Waals surface area (Å²) in [5.41, 5.74) is 1.84. The number of halogens is 3. The Hall–Kier alpha value is -3.14. The van der Waals surface area contributed by atoms with Gasteiger partial charge >= 0.3 is 0 Å². The van der Waals surface area contributed by atoms with Gasteiger partial charge in [-0.15, -0.1) is 0 Å². The van der Waals surface area contributed by atoms with E-state index in [1.54, 1.807) is 23.1 Å². The van der Waals surface area contributed by atoms with Crippen molar-refractivity contribution in [1.82, 2.24) is 10.2 Å². The van der Waals surface area contributed by atoms with E-state index in [4.69, 9.17) is 23.2 Å². The molecule has 236 valence electrons. The highest BCUT2D eigenvalue weighted by molar-refractivity contribution is 7.92. The standard InChI is InChI=1S/C33H38Cl2FN3O4S/c1-44(42,43)39(29-18-16-27(36)17-19-29)20-8-13-32(40)38(23-25-14-15-26(34)22-30(25)35)31(21-24-9-4-2-5-10-24)33(41)37-28-11-6-3-7-12-28/h2,4-5,9-10,14-19,22,28,31H,3,6-8,11-13,20-21,23H2,1H3,(H,37,41)/t31-/m1/s1. The Morgan fingerprint density at radius 3 is 2.30 bits per heavy atom. The maximum Gasteiger partial charge on any atom is 0.243 e. The van der Waals surface area contributed by atoms with Crippen LogP contribution in [0.1, 0.15) is 56.1 Å². The van der Waals surface area contributed by atoms with E-state index >= 15 is 0 Å². The summed E-state index contributed by atoms with van der Waals surface area (Å²) >= 11 is 12.7. The first kappa shape index (κ1) is 33.7. The van der Waals surface area contributed by atoms with Crippen molar-refractivity contribution in [2.24, 2.45) is 0 Å². The summed E-state index contributed by atoms with van der Waals surface area (Å²) in [5, 5.41) is 4.03. The van der Waals surface area contributed by atoms with Gasteiger partial charge in [0, 0.05) is 42.0 Å². The molecule has 1 fully saturated rings. The SMILES string of the molecule is CS(=O)(=O)N(CCCC(=O)N(Cc1ccc(Cl)cc1Cl)[C@H](Cc1ccccc1)C(=O)NC1CCCCC1)c1ccc(F)cc1. The van der Waals surface area contributed by atoms with Gasteiger partial charge in [0.25, 0.3) is 0 Å². The molecule has 1 aliphatic carbocycles. The van der Waals surface area contributed by atoms with Crippen LogP contribution in [0.3, 0.4) is 0 Å². The summed E-state index contributed by atoms with van der Waals surface area (Å²) in [6, 6.07) is 18.9. The van der Waals surface area contributed by atoms with Crippen LogP contribution in [0.5, 0.6) is 0 Å². The lowest BCUT2D eigenvalue weighted by molar-refractivity contribution is -0.141. The highest BCUT2D eigenvalue weighted by Gasteiger charge is 2.32. The van der Waals surface area contributed by atoms with Crippen molar-refractivity contribution >= 4 is 50.7 Å². The zero-order valence-electron chi connectivity index (χ0n) is 24.7. The van der Waals surface area contributed by atoms with Crippen LogP contribution in [0.15, 0.2) is 72.8 Å². The molecule has 0 saturated heterocycles. The summed E-state index contributed by atoms with van der Waals surface area (Å²) in [4.78, 5) is 29.5. The summed E-state index contributed by atoms with van der Waals surface area (Å²) in [7, 11) is -3.70. The third kappa shape index (κ3) is 9.68. The number of hydrogen-bond donors (Lipinski definition) is 1. The van der Waals surface area contributed by atoms with Crippen molar-refractivity contribution in [3.63, 3.8) is 0 Å². The normalized spacial score (nSPS) is 14.5. The van der Waals surface area contributed by atoms with Crippen LogP contribution in [-0.4, -0.2) is 50.0 Å². The van der Waals surface area contributed by atoms with Crippen molar-refractivity contribution in [3.8, 4) is 0 Å². The molecule has 1 atom stereocenters. The van der Waals surface area contributed by atoms with Crippen LogP contribution in [0.2, 0.25) is 10.0 Å². The molecular weight excluding hydrogens is 624 g/mol. The summed E-state index contributed by atoms with van der Waals surface area (Å²) in [5.74, 6) is -1.03. The van der Waals surface area contributed by atoms with Crippen LogP contribution < -0.4 is 9.62 Å². The number of carbonyl (C=O) groups is 2. The van der Waals surface area contributed by atoms with Gasteiger partial charge in [0.05, 0.1) is 11.9 Å². The lowest BCUT2D eigenvalue weighted by Gasteiger charge is -2.34. The van der Waals surface area contributed by atoms with Gasteiger partial charge in [0.1, 0.15) is 11.9 Å². The predicted molar refractivity (Wildman–Crippen MR) is 174 cm³/mol. The highest BCUT2D eigenvalue weighted by Crippen LogP contribution is 2.26. The molecule has 11 heteroatoms. The first-order valence-corrected chi connectivity index (χ1v) is 17.4. The van der Waals surface area contributed by atoms with Gasteiger partial charge in [-0.3, -0.25) is 13.9 Å². The second-order valence-electron chi connectivity index (χ2n) is 11.2. The molecule has 0 aromatic heterocycles. The van der Waals surface area contributed by atoms with Crippen molar-refractivity contribution in [3.05, 3.63) is 99.8 Å². The maximum atomic E-state index is 14.0. The van der Waals surface area contributed by atoms with Gasteiger partial charge in [-0.2, -0.15) is 0 Å². The minimum absolute atomic E-state index is 0.00334. The fraction of sp³-hybridized carbons (Fsp3) is 0.394. The van der Waals surface area contributed by atoms with Crippen LogP contribution in [0.4, 0.5) is 10.1 Å². The molecule has 3 aromatic rings. The van der Waals surface area contributed by atoms with E-state index in [0.29, 0.717) is 27.7 Å². The minimum atomic E-state index is -3.70. The van der Waals surface area contributed by atoms with E-state index in [-0.39, 0.29) is 43.8 Å². The number of benzene rings is 3. The minimum Gasteiger partial charge on any atom is -0.352 e. The smallest absolute Gasteiger partial charge is 0.243 e. The molecule has 1 aliphatic rings. The van der Waals surface area contributed by atoms with Gasteiger partial charge in [0.2, 0.25) is 21.8 Å². The molecule has 7 nitrogen and oxygen atoms in total. The second kappa shape index (κ2) is 15.7. The third-order valence-electron chi connectivity index (χ3n) is 7.85. The fourth-order valence-electron chi connectivity index (χ4n) is 5.54. The molecule has 3 aromatic carbocycles. The molecule has 4 rings (SSSR count). The van der Waals surface area contributed by atoms with Gasteiger partial charge in [0.15, 0.2) is 0 Å². The van der Waals surface area contributed by atoms with Gasteiger partial charge < -0.3 is 10.2 Å². The number of anilines is 1. The Bertz CT molecular complexity index is 1520. The third-order valence-corrected chi connectivity index (χ3v) is 9.63. The average molecular weight is 663 g/mol. The zero-order valence-corrected chi connectivity index (χ0v) is 27.1. The first-order chi connectivity index (χ1) is 21.0.